The largest absolute Gasteiger partial charge is 0.464 e. The molecule has 0 rings (SSSR count). The zero-order valence-corrected chi connectivity index (χ0v) is 64.4. The first kappa shape index (κ1) is 92.5. The van der Waals surface area contributed by atoms with Crippen LogP contribution < -0.4 is 0 Å². The van der Waals surface area contributed by atoms with E-state index in [-0.39, 0.29) is 49.6 Å². The van der Waals surface area contributed by atoms with Gasteiger partial charge in [0.2, 0.25) is 0 Å². The minimum atomic E-state index is -1.10. The molecule has 94 heavy (non-hydrogen) atoms. The van der Waals surface area contributed by atoms with Crippen molar-refractivity contribution in [1.29, 1.82) is 0 Å². The number of esters is 2. The monoisotopic (exact) mass is 1340 g/mol. The highest BCUT2D eigenvalue weighted by atomic mass is 16.6. The van der Waals surface area contributed by atoms with E-state index in [1.165, 1.54) is 148 Å². The summed E-state index contributed by atoms with van der Waals surface area (Å²) in [5.41, 5.74) is -3.99. The van der Waals surface area contributed by atoms with Gasteiger partial charge in [0.15, 0.2) is 11.2 Å². The van der Waals surface area contributed by atoms with Crippen LogP contribution >= 0.6 is 0 Å². The highest BCUT2D eigenvalue weighted by molar-refractivity contribution is 5.79. The Hall–Kier alpha value is -1.46. The van der Waals surface area contributed by atoms with Crippen molar-refractivity contribution >= 4 is 11.9 Å². The van der Waals surface area contributed by atoms with Crippen molar-refractivity contribution in [2.24, 2.45) is 0 Å². The average Bonchev–Trinajstić information content (AvgIpc) is 0.946. The minimum absolute atomic E-state index is 0.0481. The number of ether oxygens (including phenoxy) is 9. The van der Waals surface area contributed by atoms with Crippen LogP contribution in [0.1, 0.15) is 386 Å². The predicted molar refractivity (Wildman–Crippen MR) is 390 cm³/mol. The summed E-state index contributed by atoms with van der Waals surface area (Å²) in [6.45, 7) is 31.8. The Kier molecular flexibility index (Phi) is 58.3. The Labute approximate surface area is 580 Å². The van der Waals surface area contributed by atoms with Gasteiger partial charge < -0.3 is 58.0 Å². The summed E-state index contributed by atoms with van der Waals surface area (Å²) < 4.78 is 56.1. The van der Waals surface area contributed by atoms with Crippen LogP contribution in [0.2, 0.25) is 0 Å². The van der Waals surface area contributed by atoms with Gasteiger partial charge in [-0.2, -0.15) is 0 Å². The van der Waals surface area contributed by atoms with Gasteiger partial charge in [0.1, 0.15) is 6.10 Å². The number of unbranched alkanes of at least 4 members (excludes halogenated alkanes) is 30. The zero-order chi connectivity index (χ0) is 70.1. The molecule has 0 bridgehead atoms. The Morgan fingerprint density at radius 1 is 0.319 bits per heavy atom. The Bertz CT molecular complexity index is 1600. The summed E-state index contributed by atoms with van der Waals surface area (Å²) in [6, 6.07) is 0. The minimum Gasteiger partial charge on any atom is -0.464 e. The molecule has 4 atom stereocenters. The standard InChI is InChI=1S/C80H158O14/c1-15-18-21-42-51-70(81)54-45-36-30-24-27-33-39-48-60-86-66-69(4)87-63-57-78(9,10)94-73(67-92-76(5,6)58-64-90-79(11,12)74(84)88-61-49-40-34-28-25-31-37-46-55-71(82)52-43-22-19-16-2)68-93-77(7,8)59-65-91-80(13,14)75(85)89-62-50-41-35-29-26-32-38-47-56-72(83)53-44-23-20-17-3/h69-73,81-83H,15-68H2,1-14H3. The van der Waals surface area contributed by atoms with Crippen molar-refractivity contribution in [3.05, 3.63) is 0 Å². The summed E-state index contributed by atoms with van der Waals surface area (Å²) in [4.78, 5) is 26.3. The van der Waals surface area contributed by atoms with E-state index >= 15 is 0 Å². The molecule has 0 saturated heterocycles. The topological polar surface area (TPSA) is 178 Å². The van der Waals surface area contributed by atoms with Gasteiger partial charge in [0.25, 0.3) is 0 Å². The van der Waals surface area contributed by atoms with Gasteiger partial charge in [0, 0.05) is 13.2 Å². The molecule has 0 radical (unpaired) electrons. The van der Waals surface area contributed by atoms with Crippen LogP contribution in [0.25, 0.3) is 0 Å². The molecular weight excluding hydrogens is 1180 g/mol. The predicted octanol–water partition coefficient (Wildman–Crippen LogP) is 20.5. The van der Waals surface area contributed by atoms with Gasteiger partial charge in [-0.05, 0) is 153 Å². The lowest BCUT2D eigenvalue weighted by atomic mass is 10.0. The molecule has 0 amide bonds. The number of carbonyl (C=O) groups excluding carboxylic acids is 2. The molecule has 0 fully saturated rings. The number of carbonyl (C=O) groups is 2. The third-order valence-corrected chi connectivity index (χ3v) is 18.7. The number of aliphatic hydroxyl groups is 3. The average molecular weight is 1340 g/mol. The summed E-state index contributed by atoms with van der Waals surface area (Å²) in [7, 11) is 0. The lowest BCUT2D eigenvalue weighted by Gasteiger charge is -2.36. The quantitative estimate of drug-likeness (QED) is 0.0387. The molecule has 0 aliphatic carbocycles. The Morgan fingerprint density at radius 2 is 0.596 bits per heavy atom. The lowest BCUT2D eigenvalue weighted by Crippen LogP contribution is -2.43. The first-order valence-corrected chi connectivity index (χ1v) is 39.6. The molecule has 0 aromatic heterocycles. The van der Waals surface area contributed by atoms with E-state index in [4.69, 9.17) is 42.6 Å². The maximum atomic E-state index is 13.2. The molecular formula is C80H158O14. The van der Waals surface area contributed by atoms with Gasteiger partial charge in [-0.25, -0.2) is 9.59 Å². The SMILES string of the molecule is CCCCCCC(O)CCCCCCCCCCOCC(C)OCCC(C)(C)OC(COC(C)(C)CCOC(C)(C)C(=O)OCCCCCCCCCCC(O)CCCCCC)COC(C)(C)CCOC(C)(C)C(=O)OCCCCCCCCCCC(O)CCCCCC. The second-order valence-corrected chi connectivity index (χ2v) is 31.0. The zero-order valence-electron chi connectivity index (χ0n) is 64.4. The van der Waals surface area contributed by atoms with Crippen LogP contribution in [-0.2, 0) is 52.2 Å². The van der Waals surface area contributed by atoms with Gasteiger partial charge in [-0.3, -0.25) is 0 Å². The molecule has 14 nitrogen and oxygen atoms in total. The van der Waals surface area contributed by atoms with Crippen molar-refractivity contribution in [1.82, 2.24) is 0 Å². The lowest BCUT2D eigenvalue weighted by molar-refractivity contribution is -0.182. The first-order valence-electron chi connectivity index (χ1n) is 39.6. The fourth-order valence-electron chi connectivity index (χ4n) is 11.7. The van der Waals surface area contributed by atoms with Crippen molar-refractivity contribution in [2.45, 2.75) is 444 Å². The highest BCUT2D eigenvalue weighted by Crippen LogP contribution is 2.26. The van der Waals surface area contributed by atoms with E-state index < -0.39 is 34.1 Å². The Balaban J connectivity index is 5.11. The van der Waals surface area contributed by atoms with Gasteiger partial charge >= 0.3 is 11.9 Å². The molecule has 0 aromatic carbocycles. The summed E-state index contributed by atoms with van der Waals surface area (Å²) >= 11 is 0. The van der Waals surface area contributed by atoms with Crippen LogP contribution in [0, 0.1) is 0 Å². The van der Waals surface area contributed by atoms with E-state index in [0.717, 1.165) is 129 Å². The molecule has 4 unspecified atom stereocenters. The normalized spacial score (nSPS) is 14.4. The number of rotatable bonds is 72. The molecule has 0 heterocycles. The maximum absolute atomic E-state index is 13.2. The molecule has 0 aliphatic heterocycles. The van der Waals surface area contributed by atoms with Crippen LogP contribution in [-0.4, -0.2) is 145 Å². The fourth-order valence-corrected chi connectivity index (χ4v) is 11.7. The molecule has 14 heteroatoms. The summed E-state index contributed by atoms with van der Waals surface area (Å²) in [6.07, 6.45) is 48.5. The number of aliphatic hydroxyl groups excluding tert-OH is 3. The van der Waals surface area contributed by atoms with E-state index in [0.29, 0.717) is 58.9 Å². The molecule has 0 saturated carbocycles. The van der Waals surface area contributed by atoms with Crippen LogP contribution in [0.4, 0.5) is 0 Å². The van der Waals surface area contributed by atoms with Crippen molar-refractivity contribution in [3.63, 3.8) is 0 Å². The number of hydrogen-bond acceptors (Lipinski definition) is 14. The molecule has 0 spiro atoms. The van der Waals surface area contributed by atoms with Crippen molar-refractivity contribution in [2.75, 3.05) is 59.5 Å². The van der Waals surface area contributed by atoms with Gasteiger partial charge in [-0.1, -0.05) is 233 Å². The van der Waals surface area contributed by atoms with Crippen LogP contribution in [0.5, 0.6) is 0 Å². The summed E-state index contributed by atoms with van der Waals surface area (Å²) in [5.74, 6) is -0.714. The Morgan fingerprint density at radius 3 is 0.915 bits per heavy atom. The van der Waals surface area contributed by atoms with Gasteiger partial charge in [-0.15, -0.1) is 0 Å². The van der Waals surface area contributed by atoms with Crippen LogP contribution in [0.15, 0.2) is 0 Å². The second kappa shape index (κ2) is 59.2. The third-order valence-electron chi connectivity index (χ3n) is 18.7. The van der Waals surface area contributed by atoms with E-state index in [1.807, 2.05) is 27.7 Å². The second-order valence-electron chi connectivity index (χ2n) is 31.0. The maximum Gasteiger partial charge on any atom is 0.337 e. The number of hydrogen-bond donors (Lipinski definition) is 3. The third kappa shape index (κ3) is 58.3. The smallest absolute Gasteiger partial charge is 0.337 e. The molecule has 3 N–H and O–H groups in total. The molecule has 0 aliphatic rings. The van der Waals surface area contributed by atoms with Crippen molar-refractivity contribution in [3.8, 4) is 0 Å². The van der Waals surface area contributed by atoms with Crippen LogP contribution in [0.3, 0.4) is 0 Å². The van der Waals surface area contributed by atoms with E-state index in [2.05, 4.69) is 41.5 Å². The summed E-state index contributed by atoms with van der Waals surface area (Å²) in [5, 5.41) is 30.7. The van der Waals surface area contributed by atoms with E-state index in [1.54, 1.807) is 27.7 Å². The first-order chi connectivity index (χ1) is 44.8. The van der Waals surface area contributed by atoms with Gasteiger partial charge in [0.05, 0.1) is 87.5 Å². The molecule has 562 valence electrons. The van der Waals surface area contributed by atoms with Crippen molar-refractivity contribution < 1.29 is 67.5 Å². The fraction of sp³-hybridized carbons (Fsp3) is 0.975. The highest BCUT2D eigenvalue weighted by Gasteiger charge is 2.35. The van der Waals surface area contributed by atoms with E-state index in [9.17, 15) is 24.9 Å². The molecule has 0 aromatic rings.